The molecule has 4 heterocycles. The Balaban J connectivity index is 1.59. The molecule has 2 aliphatic rings. The maximum absolute atomic E-state index is 13.1. The highest BCUT2D eigenvalue weighted by atomic mass is 16.6. The minimum Gasteiger partial charge on any atom is -0.496 e. The first kappa shape index (κ1) is 29.1. The highest BCUT2D eigenvalue weighted by Gasteiger charge is 2.53. The highest BCUT2D eigenvalue weighted by molar-refractivity contribution is 5.95. The second kappa shape index (κ2) is 11.1. The number of nitrogens with zero attached hydrogens (tertiary/aromatic N) is 3. The Morgan fingerprint density at radius 2 is 1.95 bits per heavy atom. The number of fused-ring (bicyclic) bond motifs is 3. The van der Waals surface area contributed by atoms with Crippen LogP contribution >= 0.6 is 0 Å². The Morgan fingerprint density at radius 3 is 2.59 bits per heavy atom. The molecule has 9 nitrogen and oxygen atoms in total. The summed E-state index contributed by atoms with van der Waals surface area (Å²) in [5.41, 5.74) is 3.21. The van der Waals surface area contributed by atoms with Crippen LogP contribution in [0.1, 0.15) is 80.6 Å². The summed E-state index contributed by atoms with van der Waals surface area (Å²) in [7, 11) is 3.05. The van der Waals surface area contributed by atoms with Crippen LogP contribution in [0.15, 0.2) is 36.7 Å². The lowest BCUT2D eigenvalue weighted by molar-refractivity contribution is -0.0594. The monoisotopic (exact) mass is 563 g/mol. The van der Waals surface area contributed by atoms with E-state index < -0.39 is 17.7 Å². The lowest BCUT2D eigenvalue weighted by Gasteiger charge is -2.48. The van der Waals surface area contributed by atoms with E-state index in [1.165, 1.54) is 7.11 Å². The summed E-state index contributed by atoms with van der Waals surface area (Å²) in [6.07, 6.45) is 7.09. The second-order valence-corrected chi connectivity index (χ2v) is 12.1. The minimum absolute atomic E-state index is 0.136. The molecule has 2 aromatic heterocycles. The van der Waals surface area contributed by atoms with Gasteiger partial charge >= 0.3 is 12.1 Å². The number of carbonyl (C=O) groups excluding carboxylic acids is 2. The van der Waals surface area contributed by atoms with Crippen molar-refractivity contribution in [2.75, 3.05) is 20.8 Å². The van der Waals surface area contributed by atoms with Crippen LogP contribution in [0, 0.1) is 6.92 Å². The van der Waals surface area contributed by atoms with Crippen molar-refractivity contribution in [1.29, 1.82) is 0 Å². The van der Waals surface area contributed by atoms with Crippen molar-refractivity contribution in [1.82, 2.24) is 14.5 Å². The van der Waals surface area contributed by atoms with Gasteiger partial charge in [0.05, 0.1) is 31.4 Å². The number of carbonyl (C=O) groups is 2. The molecule has 5 rings (SSSR count). The fraction of sp³-hybridized carbons (Fsp3) is 0.531. The lowest BCUT2D eigenvalue weighted by Crippen LogP contribution is -2.52. The molecule has 3 atom stereocenters. The van der Waals surface area contributed by atoms with Gasteiger partial charge in [0, 0.05) is 42.5 Å². The fourth-order valence-electron chi connectivity index (χ4n) is 6.79. The second-order valence-electron chi connectivity index (χ2n) is 12.1. The van der Waals surface area contributed by atoms with Crippen LogP contribution in [0.5, 0.6) is 5.75 Å². The lowest BCUT2D eigenvalue weighted by atomic mass is 9.80. The van der Waals surface area contributed by atoms with Gasteiger partial charge in [-0.3, -0.25) is 9.47 Å². The van der Waals surface area contributed by atoms with Crippen LogP contribution in [0.4, 0.5) is 4.79 Å². The van der Waals surface area contributed by atoms with Gasteiger partial charge in [0.15, 0.2) is 0 Å². The number of aromatic nitrogens is 2. The van der Waals surface area contributed by atoms with Crippen LogP contribution in [0.25, 0.3) is 10.9 Å². The smallest absolute Gasteiger partial charge is 0.419 e. The molecule has 9 heteroatoms. The molecule has 0 spiro atoms. The van der Waals surface area contributed by atoms with Gasteiger partial charge in [-0.1, -0.05) is 6.07 Å². The van der Waals surface area contributed by atoms with Crippen LogP contribution in [-0.2, 0) is 26.3 Å². The molecule has 2 fully saturated rings. The molecule has 2 bridgehead atoms. The molecule has 0 saturated carbocycles. The summed E-state index contributed by atoms with van der Waals surface area (Å²) in [5, 5.41) is 0.966. The van der Waals surface area contributed by atoms with Gasteiger partial charge in [-0.15, -0.1) is 0 Å². The maximum Gasteiger partial charge on any atom is 0.419 e. The van der Waals surface area contributed by atoms with Crippen molar-refractivity contribution in [3.8, 4) is 5.75 Å². The van der Waals surface area contributed by atoms with E-state index in [1.54, 1.807) is 23.9 Å². The number of hydrogen-bond donors (Lipinski definition) is 0. The third-order valence-electron chi connectivity index (χ3n) is 8.45. The average molecular weight is 564 g/mol. The topological polar surface area (TPSA) is 92.1 Å². The first-order chi connectivity index (χ1) is 19.5. The molecule has 1 aromatic carbocycles. The molecule has 2 aliphatic heterocycles. The normalized spacial score (nSPS) is 22.6. The molecule has 0 aliphatic carbocycles. The average Bonchev–Trinajstić information content (AvgIpc) is 3.47. The molecule has 3 unspecified atom stereocenters. The van der Waals surface area contributed by atoms with Gasteiger partial charge < -0.3 is 18.9 Å². The first-order valence-electron chi connectivity index (χ1n) is 14.4. The summed E-state index contributed by atoms with van der Waals surface area (Å²) in [4.78, 5) is 32.3. The number of benzene rings is 1. The van der Waals surface area contributed by atoms with Crippen molar-refractivity contribution < 1.29 is 28.5 Å². The molecule has 0 radical (unpaired) electrons. The van der Waals surface area contributed by atoms with E-state index in [4.69, 9.17) is 18.9 Å². The zero-order valence-corrected chi connectivity index (χ0v) is 25.2. The summed E-state index contributed by atoms with van der Waals surface area (Å²) in [5.74, 6) is 0.338. The number of ether oxygens (including phenoxy) is 4. The number of piperidine rings is 1. The molecule has 0 amide bonds. The molecule has 220 valence electrons. The van der Waals surface area contributed by atoms with Crippen LogP contribution in [0.2, 0.25) is 0 Å². The Hall–Kier alpha value is -3.43. The van der Waals surface area contributed by atoms with Crippen molar-refractivity contribution >= 4 is 23.0 Å². The standard InChI is InChI=1S/C32H41N3O6/c1-8-40-23-16-22-11-13-32(17-23,21-9-10-26(33-18-21)29(36)39-7)35(22)19-25-24-12-14-34(30(37)41-31(3,4)5)28(24)20(2)15-27(25)38-6/h9-10,12,14-15,18,22-23H,8,11,13,16-17,19H2,1-7H3. The van der Waals surface area contributed by atoms with E-state index >= 15 is 0 Å². The molecular weight excluding hydrogens is 522 g/mol. The van der Waals surface area contributed by atoms with Crippen molar-refractivity contribution in [3.05, 3.63) is 59.0 Å². The van der Waals surface area contributed by atoms with Gasteiger partial charge in [-0.2, -0.15) is 0 Å². The first-order valence-corrected chi connectivity index (χ1v) is 14.4. The maximum atomic E-state index is 13.1. The summed E-state index contributed by atoms with van der Waals surface area (Å²) in [6.45, 7) is 10.9. The van der Waals surface area contributed by atoms with Crippen LogP contribution < -0.4 is 4.74 Å². The predicted octanol–water partition coefficient (Wildman–Crippen LogP) is 5.98. The predicted molar refractivity (Wildman–Crippen MR) is 155 cm³/mol. The van der Waals surface area contributed by atoms with Crippen molar-refractivity contribution in [3.63, 3.8) is 0 Å². The van der Waals surface area contributed by atoms with E-state index in [-0.39, 0.29) is 17.3 Å². The number of pyridine rings is 1. The molecule has 0 N–H and O–H groups in total. The highest BCUT2D eigenvalue weighted by Crippen LogP contribution is 2.52. The van der Waals surface area contributed by atoms with Crippen molar-refractivity contribution in [2.45, 2.75) is 90.1 Å². The van der Waals surface area contributed by atoms with E-state index in [9.17, 15) is 9.59 Å². The Labute approximate surface area is 241 Å². The number of rotatable bonds is 7. The number of hydrogen-bond acceptors (Lipinski definition) is 8. The quantitative estimate of drug-likeness (QED) is 0.324. The number of methoxy groups -OCH3 is 2. The molecular formula is C32H41N3O6. The van der Waals surface area contributed by atoms with Crippen LogP contribution in [0.3, 0.4) is 0 Å². The van der Waals surface area contributed by atoms with Crippen LogP contribution in [-0.4, -0.2) is 65.1 Å². The van der Waals surface area contributed by atoms with Gasteiger partial charge in [0.25, 0.3) is 0 Å². The Morgan fingerprint density at radius 1 is 1.17 bits per heavy atom. The van der Waals surface area contributed by atoms with E-state index in [1.807, 2.05) is 59.0 Å². The number of esters is 1. The van der Waals surface area contributed by atoms with Crippen molar-refractivity contribution in [2.24, 2.45) is 0 Å². The zero-order chi connectivity index (χ0) is 29.5. The van der Waals surface area contributed by atoms with E-state index in [2.05, 4.69) is 9.88 Å². The van der Waals surface area contributed by atoms with E-state index in [0.717, 1.165) is 59.0 Å². The third-order valence-corrected chi connectivity index (χ3v) is 8.45. The Bertz CT molecular complexity index is 1440. The SMILES string of the molecule is CCOC1CC2CCC(c3ccc(C(=O)OC)nc3)(C1)N2Cc1c(OC)cc(C)c2c1ccn2C(=O)OC(C)(C)C. The fourth-order valence-corrected chi connectivity index (χ4v) is 6.79. The molecule has 3 aromatic rings. The van der Waals surface area contributed by atoms with Gasteiger partial charge in [-0.25, -0.2) is 14.6 Å². The molecule has 41 heavy (non-hydrogen) atoms. The largest absolute Gasteiger partial charge is 0.496 e. The summed E-state index contributed by atoms with van der Waals surface area (Å²) in [6, 6.07) is 8.04. The third kappa shape index (κ3) is 5.33. The van der Waals surface area contributed by atoms with Gasteiger partial charge in [-0.05, 0) is 89.6 Å². The summed E-state index contributed by atoms with van der Waals surface area (Å²) < 4.78 is 24.3. The van der Waals surface area contributed by atoms with Gasteiger partial charge in [0.1, 0.15) is 17.0 Å². The Kier molecular flexibility index (Phi) is 7.87. The summed E-state index contributed by atoms with van der Waals surface area (Å²) >= 11 is 0. The van der Waals surface area contributed by atoms with E-state index in [0.29, 0.717) is 19.2 Å². The number of aryl methyl sites for hydroxylation is 1. The molecule has 2 saturated heterocycles. The minimum atomic E-state index is -0.606. The zero-order valence-electron chi connectivity index (χ0n) is 25.2. The van der Waals surface area contributed by atoms with Gasteiger partial charge in [0.2, 0.25) is 0 Å².